The molecule has 1 unspecified atom stereocenters. The predicted octanol–water partition coefficient (Wildman–Crippen LogP) is 4.31. The van der Waals surface area contributed by atoms with E-state index in [0.29, 0.717) is 19.7 Å². The zero-order valence-electron chi connectivity index (χ0n) is 15.5. The molecule has 2 N–H and O–H groups in total. The molecule has 146 valence electrons. The van der Waals surface area contributed by atoms with Crippen molar-refractivity contribution >= 4 is 18.5 Å². The topological polar surface area (TPSA) is 64.8 Å². The minimum absolute atomic E-state index is 0. The van der Waals surface area contributed by atoms with Crippen LogP contribution >= 0.6 is 12.4 Å². The number of carbonyl (C=O) groups is 1. The number of piperidine rings is 1. The fourth-order valence-electron chi connectivity index (χ4n) is 3.01. The maximum Gasteiger partial charge on any atom is 0.410 e. The molecule has 0 aromatic heterocycles. The number of hydrogen-bond acceptors (Lipinski definition) is 4. The van der Waals surface area contributed by atoms with Gasteiger partial charge in [0.2, 0.25) is 0 Å². The second-order valence-corrected chi connectivity index (χ2v) is 6.70. The van der Waals surface area contributed by atoms with E-state index >= 15 is 0 Å². The minimum atomic E-state index is -0.256. The molecule has 3 rings (SSSR count). The van der Waals surface area contributed by atoms with Gasteiger partial charge in [-0.1, -0.05) is 42.5 Å². The summed E-state index contributed by atoms with van der Waals surface area (Å²) in [5, 5.41) is 0. The highest BCUT2D eigenvalue weighted by molar-refractivity contribution is 5.85. The highest BCUT2D eigenvalue weighted by Gasteiger charge is 2.24. The van der Waals surface area contributed by atoms with Crippen LogP contribution in [0.1, 0.15) is 36.9 Å². The van der Waals surface area contributed by atoms with Crippen molar-refractivity contribution in [2.24, 2.45) is 5.73 Å². The summed E-state index contributed by atoms with van der Waals surface area (Å²) >= 11 is 0. The van der Waals surface area contributed by atoms with E-state index in [1.807, 2.05) is 61.5 Å². The Bertz CT molecular complexity index is 699. The molecule has 1 aliphatic heterocycles. The van der Waals surface area contributed by atoms with Crippen molar-refractivity contribution in [3.8, 4) is 5.75 Å². The van der Waals surface area contributed by atoms with Gasteiger partial charge in [0.15, 0.2) is 0 Å². The summed E-state index contributed by atoms with van der Waals surface area (Å²) in [6.45, 7) is 3.57. The summed E-state index contributed by atoms with van der Waals surface area (Å²) in [6, 6.07) is 17.6. The maximum atomic E-state index is 12.2. The molecule has 1 amide bonds. The number of benzene rings is 2. The smallest absolute Gasteiger partial charge is 0.410 e. The summed E-state index contributed by atoms with van der Waals surface area (Å²) in [5.41, 5.74) is 7.95. The number of nitrogens with two attached hydrogens (primary N) is 1. The lowest BCUT2D eigenvalue weighted by molar-refractivity contribution is 0.0638. The quantitative estimate of drug-likeness (QED) is 0.826. The molecule has 2 aromatic rings. The third kappa shape index (κ3) is 6.15. The van der Waals surface area contributed by atoms with E-state index in [9.17, 15) is 4.79 Å². The van der Waals surface area contributed by atoms with Crippen LogP contribution in [0.5, 0.6) is 5.75 Å². The van der Waals surface area contributed by atoms with Gasteiger partial charge in [-0.05, 0) is 30.2 Å². The van der Waals surface area contributed by atoms with Gasteiger partial charge in [0, 0.05) is 32.0 Å². The molecule has 0 aliphatic carbocycles. The van der Waals surface area contributed by atoms with Gasteiger partial charge in [0.05, 0.1) is 0 Å². The molecule has 1 aliphatic rings. The Hall–Kier alpha value is -2.24. The van der Waals surface area contributed by atoms with E-state index in [0.717, 1.165) is 29.7 Å². The molecule has 5 nitrogen and oxygen atoms in total. The highest BCUT2D eigenvalue weighted by Crippen LogP contribution is 2.21. The van der Waals surface area contributed by atoms with Gasteiger partial charge in [-0.25, -0.2) is 4.79 Å². The molecule has 2 aromatic carbocycles. The first-order valence-electron chi connectivity index (χ1n) is 9.09. The SMILES string of the molecule is CC(N)c1ccc(OC2CCN(C(=O)OCc3ccccc3)CC2)cc1.Cl. The first-order chi connectivity index (χ1) is 12.6. The number of likely N-dealkylation sites (tertiary alicyclic amines) is 1. The van der Waals surface area contributed by atoms with Crippen molar-refractivity contribution in [3.63, 3.8) is 0 Å². The number of halogens is 1. The number of nitrogens with zero attached hydrogens (tertiary/aromatic N) is 1. The summed E-state index contributed by atoms with van der Waals surface area (Å²) in [7, 11) is 0. The highest BCUT2D eigenvalue weighted by atomic mass is 35.5. The second kappa shape index (κ2) is 10.2. The van der Waals surface area contributed by atoms with Crippen LogP contribution in [0.15, 0.2) is 54.6 Å². The average molecular weight is 391 g/mol. The third-order valence-corrected chi connectivity index (χ3v) is 4.61. The van der Waals surface area contributed by atoms with Crippen LogP contribution < -0.4 is 10.5 Å². The molecular formula is C21H27ClN2O3. The zero-order chi connectivity index (χ0) is 18.4. The Morgan fingerprint density at radius 3 is 2.33 bits per heavy atom. The molecule has 0 saturated carbocycles. The van der Waals surface area contributed by atoms with Crippen molar-refractivity contribution in [1.29, 1.82) is 0 Å². The van der Waals surface area contributed by atoms with Crippen LogP contribution in [-0.2, 0) is 11.3 Å². The number of carbonyl (C=O) groups excluding carboxylic acids is 1. The van der Waals surface area contributed by atoms with Crippen LogP contribution in [-0.4, -0.2) is 30.2 Å². The first-order valence-corrected chi connectivity index (χ1v) is 9.09. The van der Waals surface area contributed by atoms with Crippen LogP contribution in [0.3, 0.4) is 0 Å². The Labute approximate surface area is 166 Å². The van der Waals surface area contributed by atoms with Crippen molar-refractivity contribution in [3.05, 3.63) is 65.7 Å². The van der Waals surface area contributed by atoms with Crippen LogP contribution in [0.2, 0.25) is 0 Å². The maximum absolute atomic E-state index is 12.2. The van der Waals surface area contributed by atoms with Crippen molar-refractivity contribution in [1.82, 2.24) is 4.90 Å². The fourth-order valence-corrected chi connectivity index (χ4v) is 3.01. The van der Waals surface area contributed by atoms with Gasteiger partial charge in [0.25, 0.3) is 0 Å². The minimum Gasteiger partial charge on any atom is -0.490 e. The predicted molar refractivity (Wildman–Crippen MR) is 108 cm³/mol. The molecule has 1 saturated heterocycles. The van der Waals surface area contributed by atoms with Gasteiger partial charge in [0.1, 0.15) is 18.5 Å². The van der Waals surface area contributed by atoms with Gasteiger partial charge in [-0.3, -0.25) is 0 Å². The molecule has 6 heteroatoms. The number of ether oxygens (including phenoxy) is 2. The normalized spacial score (nSPS) is 15.6. The summed E-state index contributed by atoms with van der Waals surface area (Å²) in [5.74, 6) is 0.847. The molecule has 27 heavy (non-hydrogen) atoms. The van der Waals surface area contributed by atoms with Gasteiger partial charge in [-0.2, -0.15) is 0 Å². The Balaban J connectivity index is 0.00000261. The van der Waals surface area contributed by atoms with E-state index in [2.05, 4.69) is 0 Å². The van der Waals surface area contributed by atoms with Gasteiger partial charge >= 0.3 is 6.09 Å². The molecule has 1 fully saturated rings. The molecular weight excluding hydrogens is 364 g/mol. The van der Waals surface area contributed by atoms with Crippen molar-refractivity contribution in [2.75, 3.05) is 13.1 Å². The van der Waals surface area contributed by atoms with E-state index in [-0.39, 0.29) is 30.6 Å². The lowest BCUT2D eigenvalue weighted by Gasteiger charge is -2.31. The average Bonchev–Trinajstić information content (AvgIpc) is 2.68. The molecule has 1 heterocycles. The Kier molecular flexibility index (Phi) is 7.95. The molecule has 0 bridgehead atoms. The fraction of sp³-hybridized carbons (Fsp3) is 0.381. The number of rotatable bonds is 5. The lowest BCUT2D eigenvalue weighted by Crippen LogP contribution is -2.42. The monoisotopic (exact) mass is 390 g/mol. The molecule has 0 radical (unpaired) electrons. The van der Waals surface area contributed by atoms with Crippen molar-refractivity contribution < 1.29 is 14.3 Å². The molecule has 1 atom stereocenters. The molecule has 0 spiro atoms. The Morgan fingerprint density at radius 2 is 1.74 bits per heavy atom. The van der Waals surface area contributed by atoms with Crippen LogP contribution in [0, 0.1) is 0 Å². The number of hydrogen-bond donors (Lipinski definition) is 1. The number of amides is 1. The van der Waals surface area contributed by atoms with Crippen molar-refractivity contribution in [2.45, 2.75) is 38.5 Å². The summed E-state index contributed by atoms with van der Waals surface area (Å²) < 4.78 is 11.4. The summed E-state index contributed by atoms with van der Waals surface area (Å²) in [4.78, 5) is 13.9. The van der Waals surface area contributed by atoms with E-state index in [1.165, 1.54) is 0 Å². The van der Waals surface area contributed by atoms with Crippen LogP contribution in [0.4, 0.5) is 4.79 Å². The summed E-state index contributed by atoms with van der Waals surface area (Å²) in [6.07, 6.45) is 1.47. The Morgan fingerprint density at radius 1 is 1.11 bits per heavy atom. The largest absolute Gasteiger partial charge is 0.490 e. The third-order valence-electron chi connectivity index (χ3n) is 4.61. The van der Waals surface area contributed by atoms with Crippen LogP contribution in [0.25, 0.3) is 0 Å². The van der Waals surface area contributed by atoms with E-state index in [4.69, 9.17) is 15.2 Å². The first kappa shape index (κ1) is 21.1. The second-order valence-electron chi connectivity index (χ2n) is 6.70. The lowest BCUT2D eigenvalue weighted by atomic mass is 10.1. The van der Waals surface area contributed by atoms with Gasteiger partial charge < -0.3 is 20.1 Å². The van der Waals surface area contributed by atoms with E-state index in [1.54, 1.807) is 4.90 Å². The standard InChI is InChI=1S/C21H26N2O3.ClH/c1-16(22)18-7-9-19(10-8-18)26-20-11-13-23(14-12-20)21(24)25-15-17-5-3-2-4-6-17;/h2-10,16,20H,11-15,22H2,1H3;1H. The zero-order valence-corrected chi connectivity index (χ0v) is 16.4. The van der Waals surface area contributed by atoms with Gasteiger partial charge in [-0.15, -0.1) is 12.4 Å². The van der Waals surface area contributed by atoms with E-state index < -0.39 is 0 Å².